The van der Waals surface area contributed by atoms with E-state index < -0.39 is 0 Å². The van der Waals surface area contributed by atoms with Crippen LogP contribution in [-0.2, 0) is 14.3 Å². The number of nitrogens with zero attached hydrogens (tertiary/aromatic N) is 3. The summed E-state index contributed by atoms with van der Waals surface area (Å²) >= 11 is 7.59. The van der Waals surface area contributed by atoms with E-state index in [9.17, 15) is 9.59 Å². The second-order valence-electron chi connectivity index (χ2n) is 8.26. The lowest BCUT2D eigenvalue weighted by Gasteiger charge is -2.37. The second kappa shape index (κ2) is 9.68. The third-order valence-corrected chi connectivity index (χ3v) is 6.86. The Morgan fingerprint density at radius 3 is 2.72 bits per heavy atom. The highest BCUT2D eigenvalue weighted by atomic mass is 35.5. The summed E-state index contributed by atoms with van der Waals surface area (Å²) < 4.78 is 5.60. The number of rotatable bonds is 6. The number of benzene rings is 1. The lowest BCUT2D eigenvalue weighted by atomic mass is 9.93. The SMILES string of the molecule is CC1=C(C(=O)N(C)C)[C@H](c2ccc(Cl)cc2)N2C(CC(=O)NC[C@H]3CCCO3)=CSC2=N1. The maximum Gasteiger partial charge on any atom is 0.253 e. The first-order valence-electron chi connectivity index (χ1n) is 10.6. The normalized spacial score (nSPS) is 22.4. The molecule has 170 valence electrons. The van der Waals surface area contributed by atoms with Crippen LogP contribution in [0.2, 0.25) is 5.02 Å². The molecule has 0 radical (unpaired) electrons. The zero-order valence-electron chi connectivity index (χ0n) is 18.4. The molecule has 3 aliphatic rings. The maximum atomic E-state index is 13.2. The number of fused-ring (bicyclic) bond motifs is 1. The number of carbonyl (C=O) groups is 2. The molecule has 1 N–H and O–H groups in total. The molecule has 0 aliphatic carbocycles. The van der Waals surface area contributed by atoms with Gasteiger partial charge in [0.05, 0.1) is 29.8 Å². The molecule has 2 amide bonds. The van der Waals surface area contributed by atoms with Crippen molar-refractivity contribution >= 4 is 40.3 Å². The van der Waals surface area contributed by atoms with E-state index in [4.69, 9.17) is 21.3 Å². The average molecular weight is 475 g/mol. The van der Waals surface area contributed by atoms with Crippen molar-refractivity contribution in [2.24, 2.45) is 4.99 Å². The lowest BCUT2D eigenvalue weighted by molar-refractivity contribution is -0.125. The first-order chi connectivity index (χ1) is 15.3. The molecule has 32 heavy (non-hydrogen) atoms. The summed E-state index contributed by atoms with van der Waals surface area (Å²) in [5.74, 6) is -0.181. The molecule has 1 aromatic rings. The third-order valence-electron chi connectivity index (χ3n) is 5.72. The largest absolute Gasteiger partial charge is 0.376 e. The summed E-state index contributed by atoms with van der Waals surface area (Å²) in [6.45, 7) is 3.13. The minimum Gasteiger partial charge on any atom is -0.376 e. The molecule has 7 nitrogen and oxygen atoms in total. The Bertz CT molecular complexity index is 997. The fraction of sp³-hybridized carbons (Fsp3) is 0.435. The number of allylic oxidation sites excluding steroid dienone is 1. The van der Waals surface area contributed by atoms with Crippen molar-refractivity contribution < 1.29 is 14.3 Å². The van der Waals surface area contributed by atoms with Gasteiger partial charge in [-0.15, -0.1) is 0 Å². The Balaban J connectivity index is 1.61. The number of hydrogen-bond acceptors (Lipinski definition) is 6. The fourth-order valence-corrected chi connectivity index (χ4v) is 5.19. The van der Waals surface area contributed by atoms with Gasteiger partial charge in [-0.25, -0.2) is 4.99 Å². The molecular formula is C23H27ClN4O3S. The highest BCUT2D eigenvalue weighted by Gasteiger charge is 2.40. The molecule has 0 unspecified atom stereocenters. The van der Waals surface area contributed by atoms with E-state index in [1.165, 1.54) is 11.8 Å². The molecule has 0 saturated carbocycles. The number of ether oxygens (including phenoxy) is 1. The molecule has 9 heteroatoms. The number of aliphatic imine (C=N–C) groups is 1. The fourth-order valence-electron chi connectivity index (χ4n) is 4.10. The molecule has 3 aliphatic heterocycles. The Kier molecular flexibility index (Phi) is 6.93. The van der Waals surface area contributed by atoms with Gasteiger partial charge >= 0.3 is 0 Å². The van der Waals surface area contributed by atoms with Crippen LogP contribution in [0.15, 0.2) is 51.6 Å². The van der Waals surface area contributed by atoms with Gasteiger partial charge in [-0.2, -0.15) is 0 Å². The summed E-state index contributed by atoms with van der Waals surface area (Å²) in [4.78, 5) is 34.1. The summed E-state index contributed by atoms with van der Waals surface area (Å²) in [5, 5.41) is 6.32. The van der Waals surface area contributed by atoms with E-state index in [-0.39, 0.29) is 30.4 Å². The highest BCUT2D eigenvalue weighted by molar-refractivity contribution is 8.16. The average Bonchev–Trinajstić information content (AvgIpc) is 3.41. The Hall–Kier alpha value is -2.29. The molecule has 0 aromatic heterocycles. The molecule has 1 saturated heterocycles. The minimum atomic E-state index is -0.387. The number of hydrogen-bond donors (Lipinski definition) is 1. The minimum absolute atomic E-state index is 0.0739. The Labute approximate surface area is 197 Å². The number of halogens is 1. The second-order valence-corrected chi connectivity index (χ2v) is 9.53. The summed E-state index contributed by atoms with van der Waals surface area (Å²) in [6, 6.07) is 7.09. The van der Waals surface area contributed by atoms with Crippen molar-refractivity contribution in [3.63, 3.8) is 0 Å². The third kappa shape index (κ3) is 4.72. The molecular weight excluding hydrogens is 448 g/mol. The van der Waals surface area contributed by atoms with Crippen molar-refractivity contribution in [1.82, 2.24) is 15.1 Å². The van der Waals surface area contributed by atoms with Gasteiger partial charge in [0.25, 0.3) is 5.91 Å². The van der Waals surface area contributed by atoms with Gasteiger partial charge in [-0.1, -0.05) is 35.5 Å². The molecule has 1 aromatic carbocycles. The first kappa shape index (κ1) is 22.9. The Morgan fingerprint density at radius 1 is 1.31 bits per heavy atom. The van der Waals surface area contributed by atoms with Gasteiger partial charge in [0.15, 0.2) is 5.17 Å². The number of amidine groups is 1. The Morgan fingerprint density at radius 2 is 2.06 bits per heavy atom. The predicted molar refractivity (Wildman–Crippen MR) is 127 cm³/mol. The quantitative estimate of drug-likeness (QED) is 0.680. The van der Waals surface area contributed by atoms with Gasteiger partial charge in [0, 0.05) is 38.0 Å². The van der Waals surface area contributed by atoms with E-state index in [1.807, 2.05) is 41.5 Å². The standard InChI is InChI=1S/C23H27ClN4O3S/c1-14-20(22(30)27(2)3)21(15-6-8-16(24)9-7-15)28-17(13-32-23(28)26-14)11-19(29)25-12-18-5-4-10-31-18/h6-9,13,18,21H,4-5,10-12H2,1-3H3,(H,25,29)/t18-,21+/m1/s1. The topological polar surface area (TPSA) is 74.2 Å². The van der Waals surface area contributed by atoms with Crippen LogP contribution in [0.4, 0.5) is 0 Å². The van der Waals surface area contributed by atoms with E-state index >= 15 is 0 Å². The molecule has 4 rings (SSSR count). The zero-order chi connectivity index (χ0) is 22.8. The molecule has 0 bridgehead atoms. The van der Waals surface area contributed by atoms with Crippen molar-refractivity contribution in [3.8, 4) is 0 Å². The van der Waals surface area contributed by atoms with E-state index in [0.717, 1.165) is 35.9 Å². The number of carbonyl (C=O) groups excluding carboxylic acids is 2. The lowest BCUT2D eigenvalue weighted by Crippen LogP contribution is -2.40. The monoisotopic (exact) mass is 474 g/mol. The number of thioether (sulfide) groups is 1. The summed E-state index contributed by atoms with van der Waals surface area (Å²) in [7, 11) is 3.46. The van der Waals surface area contributed by atoms with Gasteiger partial charge in [0.1, 0.15) is 0 Å². The van der Waals surface area contributed by atoms with Crippen LogP contribution in [-0.4, -0.2) is 60.1 Å². The van der Waals surface area contributed by atoms with Crippen LogP contribution in [0.5, 0.6) is 0 Å². The van der Waals surface area contributed by atoms with Gasteiger partial charge in [0.2, 0.25) is 5.91 Å². The van der Waals surface area contributed by atoms with Crippen LogP contribution < -0.4 is 5.32 Å². The van der Waals surface area contributed by atoms with E-state index in [2.05, 4.69) is 5.32 Å². The molecule has 2 atom stereocenters. The molecule has 1 fully saturated rings. The van der Waals surface area contributed by atoms with Crippen LogP contribution >= 0.6 is 23.4 Å². The van der Waals surface area contributed by atoms with Crippen LogP contribution in [0.25, 0.3) is 0 Å². The van der Waals surface area contributed by atoms with Crippen molar-refractivity contribution in [2.75, 3.05) is 27.2 Å². The van der Waals surface area contributed by atoms with Crippen molar-refractivity contribution in [1.29, 1.82) is 0 Å². The van der Waals surface area contributed by atoms with Gasteiger partial charge in [-0.05, 0) is 42.9 Å². The number of nitrogens with one attached hydrogen (secondary N) is 1. The van der Waals surface area contributed by atoms with Crippen LogP contribution in [0, 0.1) is 0 Å². The van der Waals surface area contributed by atoms with Crippen LogP contribution in [0.3, 0.4) is 0 Å². The van der Waals surface area contributed by atoms with Crippen LogP contribution in [0.1, 0.15) is 37.8 Å². The number of likely N-dealkylation sites (N-methyl/N-ethyl adjacent to an activating group) is 1. The summed E-state index contributed by atoms with van der Waals surface area (Å²) in [6.07, 6.45) is 2.30. The predicted octanol–water partition coefficient (Wildman–Crippen LogP) is 3.69. The highest BCUT2D eigenvalue weighted by Crippen LogP contribution is 2.45. The van der Waals surface area contributed by atoms with E-state index in [0.29, 0.717) is 22.8 Å². The van der Waals surface area contributed by atoms with Gasteiger partial charge < -0.3 is 19.9 Å². The zero-order valence-corrected chi connectivity index (χ0v) is 20.0. The van der Waals surface area contributed by atoms with E-state index in [1.54, 1.807) is 19.0 Å². The number of amides is 2. The summed E-state index contributed by atoms with van der Waals surface area (Å²) in [5.41, 5.74) is 3.00. The molecule has 0 spiro atoms. The smallest absolute Gasteiger partial charge is 0.253 e. The molecule has 3 heterocycles. The van der Waals surface area contributed by atoms with Crippen molar-refractivity contribution in [3.05, 3.63) is 57.2 Å². The first-order valence-corrected chi connectivity index (χ1v) is 11.9. The van der Waals surface area contributed by atoms with Gasteiger partial charge in [-0.3, -0.25) is 9.59 Å². The maximum absolute atomic E-state index is 13.2. The van der Waals surface area contributed by atoms with Crippen molar-refractivity contribution in [2.45, 2.75) is 38.3 Å².